The molecule has 114 valence electrons. The fourth-order valence-electron chi connectivity index (χ4n) is 2.52. The van der Waals surface area contributed by atoms with Crippen molar-refractivity contribution >= 4 is 11.9 Å². The summed E-state index contributed by atoms with van der Waals surface area (Å²) in [7, 11) is 1.82. The zero-order valence-corrected chi connectivity index (χ0v) is 12.8. The minimum atomic E-state index is -0.396. The molecule has 21 heavy (non-hydrogen) atoms. The molecular weight excluding hydrogens is 264 g/mol. The van der Waals surface area contributed by atoms with Crippen molar-refractivity contribution in [3.63, 3.8) is 0 Å². The summed E-state index contributed by atoms with van der Waals surface area (Å²) >= 11 is 0. The zero-order chi connectivity index (χ0) is 15.2. The summed E-state index contributed by atoms with van der Waals surface area (Å²) < 4.78 is 0. The van der Waals surface area contributed by atoms with Crippen LogP contribution in [0.3, 0.4) is 0 Å². The predicted molar refractivity (Wildman–Crippen MR) is 85.1 cm³/mol. The summed E-state index contributed by atoms with van der Waals surface area (Å²) in [6, 6.07) is 7.34. The Kier molecular flexibility index (Phi) is 5.20. The van der Waals surface area contributed by atoms with Crippen LogP contribution in [0.15, 0.2) is 29.3 Å². The lowest BCUT2D eigenvalue weighted by atomic mass is 9.99. The Morgan fingerprint density at radius 2 is 1.95 bits per heavy atom. The first-order valence-electron chi connectivity index (χ1n) is 7.44. The molecule has 2 rings (SSSR count). The smallest absolute Gasteiger partial charge is 0.248 e. The van der Waals surface area contributed by atoms with E-state index in [0.717, 1.165) is 30.5 Å². The topological polar surface area (TPSA) is 70.7 Å². The van der Waals surface area contributed by atoms with Crippen molar-refractivity contribution in [2.45, 2.75) is 26.3 Å². The van der Waals surface area contributed by atoms with Crippen LogP contribution in [0.25, 0.3) is 0 Å². The Bertz CT molecular complexity index is 502. The van der Waals surface area contributed by atoms with E-state index in [-0.39, 0.29) is 0 Å². The molecule has 5 heteroatoms. The highest BCUT2D eigenvalue weighted by Gasteiger charge is 2.18. The Balaban J connectivity index is 1.89. The number of piperidine rings is 1. The van der Waals surface area contributed by atoms with Crippen LogP contribution in [0.4, 0.5) is 0 Å². The van der Waals surface area contributed by atoms with Gasteiger partial charge >= 0.3 is 0 Å². The van der Waals surface area contributed by atoms with E-state index in [2.05, 4.69) is 22.1 Å². The van der Waals surface area contributed by atoms with Gasteiger partial charge in [0.15, 0.2) is 5.96 Å². The van der Waals surface area contributed by atoms with Crippen LogP contribution in [0.2, 0.25) is 0 Å². The molecular formula is C16H24N4O. The van der Waals surface area contributed by atoms with Gasteiger partial charge in [-0.25, -0.2) is 0 Å². The lowest BCUT2D eigenvalue weighted by Gasteiger charge is -2.32. The van der Waals surface area contributed by atoms with E-state index in [9.17, 15) is 4.79 Å². The van der Waals surface area contributed by atoms with Gasteiger partial charge in [0.2, 0.25) is 5.91 Å². The number of rotatable bonds is 3. The van der Waals surface area contributed by atoms with Crippen molar-refractivity contribution in [2.24, 2.45) is 16.6 Å². The molecule has 1 aromatic rings. The monoisotopic (exact) mass is 288 g/mol. The van der Waals surface area contributed by atoms with E-state index in [1.54, 1.807) is 12.1 Å². The highest BCUT2D eigenvalue weighted by atomic mass is 16.1. The average molecular weight is 288 g/mol. The Hall–Kier alpha value is -2.04. The van der Waals surface area contributed by atoms with Gasteiger partial charge in [-0.2, -0.15) is 0 Å². The highest BCUT2D eigenvalue weighted by molar-refractivity contribution is 5.92. The number of nitrogens with two attached hydrogens (primary N) is 1. The maximum Gasteiger partial charge on any atom is 0.248 e. The molecule has 1 amide bonds. The molecule has 0 saturated carbocycles. The van der Waals surface area contributed by atoms with Crippen LogP contribution >= 0.6 is 0 Å². The van der Waals surface area contributed by atoms with Gasteiger partial charge in [-0.15, -0.1) is 0 Å². The van der Waals surface area contributed by atoms with Gasteiger partial charge in [-0.3, -0.25) is 9.79 Å². The number of carbonyl (C=O) groups is 1. The molecule has 0 aromatic heterocycles. The number of likely N-dealkylation sites (tertiary alicyclic amines) is 1. The maximum absolute atomic E-state index is 11.0. The first-order valence-corrected chi connectivity index (χ1v) is 7.44. The molecule has 0 unspecified atom stereocenters. The van der Waals surface area contributed by atoms with E-state index < -0.39 is 5.91 Å². The third kappa shape index (κ3) is 4.21. The van der Waals surface area contributed by atoms with Crippen molar-refractivity contribution in [1.82, 2.24) is 10.2 Å². The van der Waals surface area contributed by atoms with Gasteiger partial charge in [-0.1, -0.05) is 19.1 Å². The number of aliphatic imine (C=N–C) groups is 1. The van der Waals surface area contributed by atoms with Crippen LogP contribution in [0.5, 0.6) is 0 Å². The minimum absolute atomic E-state index is 0.396. The molecule has 1 aromatic carbocycles. The summed E-state index contributed by atoms with van der Waals surface area (Å²) in [5.74, 6) is 1.36. The molecule has 1 aliphatic rings. The number of primary amides is 1. The molecule has 0 radical (unpaired) electrons. The summed E-state index contributed by atoms with van der Waals surface area (Å²) in [4.78, 5) is 17.7. The second-order valence-electron chi connectivity index (χ2n) is 5.63. The number of guanidine groups is 1. The molecule has 1 heterocycles. The maximum atomic E-state index is 11.0. The normalized spacial score (nSPS) is 16.9. The van der Waals surface area contributed by atoms with Gasteiger partial charge in [0.25, 0.3) is 0 Å². The fourth-order valence-corrected chi connectivity index (χ4v) is 2.52. The fraction of sp³-hybridized carbons (Fsp3) is 0.500. The molecule has 1 aliphatic heterocycles. The SMILES string of the molecule is CN=C(NCc1ccc(C(N)=O)cc1)N1CCC(C)CC1. The predicted octanol–water partition coefficient (Wildman–Crippen LogP) is 1.59. The Morgan fingerprint density at radius 1 is 1.33 bits per heavy atom. The summed E-state index contributed by atoms with van der Waals surface area (Å²) in [5.41, 5.74) is 6.87. The number of hydrogen-bond acceptors (Lipinski definition) is 2. The third-order valence-corrected chi connectivity index (χ3v) is 3.98. The molecule has 0 spiro atoms. The molecule has 5 nitrogen and oxygen atoms in total. The quantitative estimate of drug-likeness (QED) is 0.655. The van der Waals surface area contributed by atoms with Gasteiger partial charge in [-0.05, 0) is 36.5 Å². The van der Waals surface area contributed by atoms with Crippen molar-refractivity contribution in [3.8, 4) is 0 Å². The second-order valence-corrected chi connectivity index (χ2v) is 5.63. The largest absolute Gasteiger partial charge is 0.366 e. The van der Waals surface area contributed by atoms with Crippen molar-refractivity contribution in [3.05, 3.63) is 35.4 Å². The van der Waals surface area contributed by atoms with Crippen molar-refractivity contribution < 1.29 is 4.79 Å². The molecule has 0 bridgehead atoms. The molecule has 0 atom stereocenters. The first kappa shape index (κ1) is 15.4. The van der Waals surface area contributed by atoms with Crippen LogP contribution in [0, 0.1) is 5.92 Å². The van der Waals surface area contributed by atoms with Gasteiger partial charge in [0.05, 0.1) is 0 Å². The molecule has 3 N–H and O–H groups in total. The summed E-state index contributed by atoms with van der Waals surface area (Å²) in [6.07, 6.45) is 2.43. The number of amides is 1. The van der Waals surface area contributed by atoms with Gasteiger partial charge < -0.3 is 16.0 Å². The molecule has 0 aliphatic carbocycles. The lowest BCUT2D eigenvalue weighted by Crippen LogP contribution is -2.45. The molecule has 1 saturated heterocycles. The standard InChI is InChI=1S/C16H24N4O/c1-12-7-9-20(10-8-12)16(18-2)19-11-13-3-5-14(6-4-13)15(17)21/h3-6,12H,7-11H2,1-2H3,(H2,17,21)(H,18,19). The van der Waals surface area contributed by atoms with E-state index >= 15 is 0 Å². The highest BCUT2D eigenvalue weighted by Crippen LogP contribution is 2.16. The third-order valence-electron chi connectivity index (χ3n) is 3.98. The number of benzene rings is 1. The van der Waals surface area contributed by atoms with E-state index in [0.29, 0.717) is 12.1 Å². The van der Waals surface area contributed by atoms with Crippen molar-refractivity contribution in [2.75, 3.05) is 20.1 Å². The number of nitrogens with zero attached hydrogens (tertiary/aromatic N) is 2. The number of hydrogen-bond donors (Lipinski definition) is 2. The van der Waals surface area contributed by atoms with E-state index in [1.807, 2.05) is 19.2 Å². The second kappa shape index (κ2) is 7.11. The lowest BCUT2D eigenvalue weighted by molar-refractivity contribution is 0.100. The first-order chi connectivity index (χ1) is 10.1. The van der Waals surface area contributed by atoms with Crippen LogP contribution in [0.1, 0.15) is 35.7 Å². The van der Waals surface area contributed by atoms with Gasteiger partial charge in [0, 0.05) is 32.2 Å². The average Bonchev–Trinajstić information content (AvgIpc) is 2.50. The zero-order valence-electron chi connectivity index (χ0n) is 12.8. The minimum Gasteiger partial charge on any atom is -0.366 e. The van der Waals surface area contributed by atoms with E-state index in [4.69, 9.17) is 5.73 Å². The van der Waals surface area contributed by atoms with Crippen LogP contribution in [-0.4, -0.2) is 36.9 Å². The van der Waals surface area contributed by atoms with Crippen LogP contribution < -0.4 is 11.1 Å². The Morgan fingerprint density at radius 3 is 2.48 bits per heavy atom. The van der Waals surface area contributed by atoms with Crippen molar-refractivity contribution in [1.29, 1.82) is 0 Å². The van der Waals surface area contributed by atoms with E-state index in [1.165, 1.54) is 12.8 Å². The van der Waals surface area contributed by atoms with Crippen LogP contribution in [-0.2, 0) is 6.54 Å². The van der Waals surface area contributed by atoms with Gasteiger partial charge in [0.1, 0.15) is 0 Å². The summed E-state index contributed by atoms with van der Waals surface area (Å²) in [5, 5.41) is 3.38. The Labute approximate surface area is 126 Å². The number of carbonyl (C=O) groups excluding carboxylic acids is 1. The number of nitrogens with one attached hydrogen (secondary N) is 1. The molecule has 1 fully saturated rings. The summed E-state index contributed by atoms with van der Waals surface area (Å²) in [6.45, 7) is 5.11.